The predicted molar refractivity (Wildman–Crippen MR) is 101 cm³/mol. The lowest BCUT2D eigenvalue weighted by Crippen LogP contribution is -2.26. The van der Waals surface area contributed by atoms with Gasteiger partial charge in [-0.15, -0.1) is 0 Å². The van der Waals surface area contributed by atoms with Crippen LogP contribution in [0.2, 0.25) is 5.02 Å². The van der Waals surface area contributed by atoms with E-state index in [-0.39, 0.29) is 5.56 Å². The number of halogens is 3. The summed E-state index contributed by atoms with van der Waals surface area (Å²) in [6, 6.07) is 6.49. The van der Waals surface area contributed by atoms with Crippen LogP contribution in [0.5, 0.6) is 11.5 Å². The maximum atomic E-state index is 13.8. The second-order valence-corrected chi connectivity index (χ2v) is 5.94. The first-order chi connectivity index (χ1) is 13.4. The quantitative estimate of drug-likeness (QED) is 0.691. The van der Waals surface area contributed by atoms with Crippen LogP contribution in [0.25, 0.3) is 6.08 Å². The molecule has 146 valence electrons. The Morgan fingerprint density at radius 2 is 2.11 bits per heavy atom. The number of benzene rings is 2. The van der Waals surface area contributed by atoms with Gasteiger partial charge in [-0.2, -0.15) is 5.26 Å². The van der Waals surface area contributed by atoms with Crippen molar-refractivity contribution in [2.24, 2.45) is 0 Å². The van der Waals surface area contributed by atoms with Crippen LogP contribution in [0.15, 0.2) is 36.4 Å². The average molecular weight is 407 g/mol. The number of amides is 1. The number of carbonyl (C=O) groups is 1. The van der Waals surface area contributed by atoms with Crippen LogP contribution in [-0.2, 0) is 4.79 Å². The third-order valence-corrected chi connectivity index (χ3v) is 3.94. The molecule has 0 spiro atoms. The van der Waals surface area contributed by atoms with Crippen LogP contribution in [-0.4, -0.2) is 19.6 Å². The van der Waals surface area contributed by atoms with Crippen molar-refractivity contribution >= 4 is 23.6 Å². The van der Waals surface area contributed by atoms with Gasteiger partial charge in [-0.1, -0.05) is 17.7 Å². The van der Waals surface area contributed by atoms with Crippen molar-refractivity contribution in [2.75, 3.05) is 13.7 Å². The fourth-order valence-electron chi connectivity index (χ4n) is 2.40. The van der Waals surface area contributed by atoms with E-state index in [4.69, 9.17) is 21.1 Å². The van der Waals surface area contributed by atoms with E-state index in [1.807, 2.05) is 6.92 Å². The van der Waals surface area contributed by atoms with E-state index in [2.05, 4.69) is 5.32 Å². The molecule has 0 aromatic heterocycles. The molecule has 0 saturated carbocycles. The molecule has 1 N–H and O–H groups in total. The lowest BCUT2D eigenvalue weighted by atomic mass is 10.1. The maximum Gasteiger partial charge on any atom is 0.245 e. The van der Waals surface area contributed by atoms with Crippen LogP contribution >= 0.6 is 11.6 Å². The highest BCUT2D eigenvalue weighted by Gasteiger charge is 2.17. The Kier molecular flexibility index (Phi) is 7.36. The number of nitrogens with zero attached hydrogens (tertiary/aromatic N) is 1. The van der Waals surface area contributed by atoms with Crippen LogP contribution < -0.4 is 14.8 Å². The summed E-state index contributed by atoms with van der Waals surface area (Å²) in [5, 5.41) is 11.9. The summed E-state index contributed by atoms with van der Waals surface area (Å²) in [4.78, 5) is 12.1. The lowest BCUT2D eigenvalue weighted by Gasteiger charge is -2.12. The molecule has 0 aliphatic heterocycles. The maximum absolute atomic E-state index is 13.8. The van der Waals surface area contributed by atoms with E-state index < -0.39 is 23.6 Å². The van der Waals surface area contributed by atoms with Crippen molar-refractivity contribution < 1.29 is 23.0 Å². The van der Waals surface area contributed by atoms with Gasteiger partial charge in [0, 0.05) is 17.7 Å². The molecule has 1 amide bonds. The van der Waals surface area contributed by atoms with Gasteiger partial charge in [0.2, 0.25) is 5.91 Å². The molecule has 0 fully saturated rings. The molecule has 2 rings (SSSR count). The molecule has 5 nitrogen and oxygen atoms in total. The van der Waals surface area contributed by atoms with Crippen molar-refractivity contribution in [3.63, 3.8) is 0 Å². The largest absolute Gasteiger partial charge is 0.493 e. The van der Waals surface area contributed by atoms with Gasteiger partial charge in [0.1, 0.15) is 17.7 Å². The number of methoxy groups -OCH3 is 1. The van der Waals surface area contributed by atoms with E-state index in [0.717, 1.165) is 18.2 Å². The third kappa shape index (κ3) is 5.21. The monoisotopic (exact) mass is 406 g/mol. The van der Waals surface area contributed by atoms with Crippen molar-refractivity contribution in [1.29, 1.82) is 5.26 Å². The van der Waals surface area contributed by atoms with Gasteiger partial charge < -0.3 is 14.8 Å². The van der Waals surface area contributed by atoms with Crippen LogP contribution in [0, 0.1) is 23.0 Å². The molecular formula is C20H17ClF2N2O3. The van der Waals surface area contributed by atoms with Crippen LogP contribution in [0.1, 0.15) is 24.1 Å². The highest BCUT2D eigenvalue weighted by Crippen LogP contribution is 2.36. The summed E-state index contributed by atoms with van der Waals surface area (Å²) < 4.78 is 37.5. The smallest absolute Gasteiger partial charge is 0.245 e. The van der Waals surface area contributed by atoms with Gasteiger partial charge in [-0.05, 0) is 36.8 Å². The van der Waals surface area contributed by atoms with E-state index in [1.54, 1.807) is 18.2 Å². The minimum atomic E-state index is -1.27. The summed E-state index contributed by atoms with van der Waals surface area (Å²) in [7, 11) is 1.46. The summed E-state index contributed by atoms with van der Waals surface area (Å²) in [6.07, 6.45) is 2.62. The van der Waals surface area contributed by atoms with Gasteiger partial charge in [0.25, 0.3) is 0 Å². The standard InChI is InChI=1S/C20H17ClF2N2O3/c1-3-28-20-15(21)8-12(9-18(20)27-2)4-7-19(26)25-17(11-24)14-6-5-13(22)10-16(14)23/h4-10,17H,3H2,1-2H3,(H,25,26)/b7-4+. The summed E-state index contributed by atoms with van der Waals surface area (Å²) >= 11 is 6.17. The summed E-state index contributed by atoms with van der Waals surface area (Å²) in [6.45, 7) is 2.21. The zero-order valence-electron chi connectivity index (χ0n) is 15.1. The number of rotatable bonds is 7. The Morgan fingerprint density at radius 3 is 2.71 bits per heavy atom. The Balaban J connectivity index is 2.16. The number of hydrogen-bond acceptors (Lipinski definition) is 4. The highest BCUT2D eigenvalue weighted by molar-refractivity contribution is 6.32. The second kappa shape index (κ2) is 9.72. The average Bonchev–Trinajstić information content (AvgIpc) is 2.66. The number of ether oxygens (including phenoxy) is 2. The third-order valence-electron chi connectivity index (χ3n) is 3.66. The fraction of sp³-hybridized carbons (Fsp3) is 0.200. The topological polar surface area (TPSA) is 71.3 Å². The molecule has 0 radical (unpaired) electrons. The van der Waals surface area contributed by atoms with Gasteiger partial charge in [-0.25, -0.2) is 8.78 Å². The molecule has 1 unspecified atom stereocenters. The first-order valence-corrected chi connectivity index (χ1v) is 8.60. The Morgan fingerprint density at radius 1 is 1.36 bits per heavy atom. The SMILES string of the molecule is CCOc1c(Cl)cc(/C=C/C(=O)NC(C#N)c2ccc(F)cc2F)cc1OC. The van der Waals surface area contributed by atoms with Crippen molar-refractivity contribution in [2.45, 2.75) is 13.0 Å². The molecule has 0 saturated heterocycles. The number of nitrogens with one attached hydrogen (secondary N) is 1. The van der Waals surface area contributed by atoms with E-state index >= 15 is 0 Å². The number of carbonyl (C=O) groups excluding carboxylic acids is 1. The van der Waals surface area contributed by atoms with E-state index in [9.17, 15) is 18.8 Å². The summed E-state index contributed by atoms with van der Waals surface area (Å²) in [5.74, 6) is -1.54. The van der Waals surface area contributed by atoms with Gasteiger partial charge in [0.05, 0.1) is 24.8 Å². The number of nitriles is 1. The molecule has 1 atom stereocenters. The molecule has 0 aliphatic carbocycles. The number of hydrogen-bond donors (Lipinski definition) is 1. The molecule has 2 aromatic rings. The Labute approximate surface area is 166 Å². The normalized spacial score (nSPS) is 11.7. The van der Waals surface area contributed by atoms with E-state index in [1.165, 1.54) is 13.2 Å². The molecule has 2 aromatic carbocycles. The Bertz CT molecular complexity index is 942. The summed E-state index contributed by atoms with van der Waals surface area (Å²) in [5.41, 5.74) is 0.429. The molecule has 0 aliphatic rings. The molecular weight excluding hydrogens is 390 g/mol. The predicted octanol–water partition coefficient (Wildman–Crippen LogP) is 4.42. The zero-order chi connectivity index (χ0) is 20.7. The lowest BCUT2D eigenvalue weighted by molar-refractivity contribution is -0.116. The molecule has 0 heterocycles. The van der Waals surface area contributed by atoms with Gasteiger partial charge in [-0.3, -0.25) is 4.79 Å². The first kappa shape index (κ1) is 21.2. The minimum absolute atomic E-state index is 0.128. The van der Waals surface area contributed by atoms with Crippen LogP contribution in [0.3, 0.4) is 0 Å². The fourth-order valence-corrected chi connectivity index (χ4v) is 2.67. The van der Waals surface area contributed by atoms with Crippen LogP contribution in [0.4, 0.5) is 8.78 Å². The Hall–Kier alpha value is -3.11. The second-order valence-electron chi connectivity index (χ2n) is 5.54. The first-order valence-electron chi connectivity index (χ1n) is 8.23. The minimum Gasteiger partial charge on any atom is -0.493 e. The van der Waals surface area contributed by atoms with Crippen molar-refractivity contribution in [3.8, 4) is 17.6 Å². The zero-order valence-corrected chi connectivity index (χ0v) is 15.9. The molecule has 8 heteroatoms. The van der Waals surface area contributed by atoms with Gasteiger partial charge in [0.15, 0.2) is 11.5 Å². The van der Waals surface area contributed by atoms with Crippen molar-refractivity contribution in [1.82, 2.24) is 5.32 Å². The highest BCUT2D eigenvalue weighted by atomic mass is 35.5. The van der Waals surface area contributed by atoms with E-state index in [0.29, 0.717) is 34.8 Å². The van der Waals surface area contributed by atoms with Crippen molar-refractivity contribution in [3.05, 3.63) is 64.2 Å². The van der Waals surface area contributed by atoms with Gasteiger partial charge >= 0.3 is 0 Å². The molecule has 0 bridgehead atoms. The molecule has 28 heavy (non-hydrogen) atoms.